The first kappa shape index (κ1) is 18.9. The van der Waals surface area contributed by atoms with E-state index in [-0.39, 0.29) is 17.7 Å². The Morgan fingerprint density at radius 1 is 1.10 bits per heavy atom. The molecule has 0 spiro atoms. The Kier molecular flexibility index (Phi) is 4.77. The maximum absolute atomic E-state index is 12.8. The molecule has 0 radical (unpaired) electrons. The lowest BCUT2D eigenvalue weighted by Crippen LogP contribution is -2.53. The normalized spacial score (nSPS) is 15.5. The smallest absolute Gasteiger partial charge is 0.335 e. The predicted octanol–water partition coefficient (Wildman–Crippen LogP) is 2.43. The molecule has 4 amide bonds. The third kappa shape index (κ3) is 3.51. The van der Waals surface area contributed by atoms with E-state index in [4.69, 9.17) is 4.42 Å². The molecule has 9 nitrogen and oxygen atoms in total. The Hall–Kier alpha value is -4.40. The summed E-state index contributed by atoms with van der Waals surface area (Å²) in [5, 5.41) is 11.4. The molecule has 0 saturated carbocycles. The summed E-state index contributed by atoms with van der Waals surface area (Å²) in [6.45, 7) is -0.121. The number of amides is 4. The van der Waals surface area contributed by atoms with Crippen LogP contribution in [0.2, 0.25) is 0 Å². The van der Waals surface area contributed by atoms with Gasteiger partial charge in [0.2, 0.25) is 0 Å². The van der Waals surface area contributed by atoms with Crippen LogP contribution in [0, 0.1) is 0 Å². The molecule has 30 heavy (non-hydrogen) atoms. The molecule has 3 heterocycles. The zero-order valence-electron chi connectivity index (χ0n) is 15.4. The Morgan fingerprint density at radius 3 is 2.67 bits per heavy atom. The van der Waals surface area contributed by atoms with Gasteiger partial charge in [-0.3, -0.25) is 19.8 Å². The van der Waals surface area contributed by atoms with Crippen LogP contribution < -0.4 is 5.32 Å². The van der Waals surface area contributed by atoms with Crippen LogP contribution in [0.5, 0.6) is 0 Å². The van der Waals surface area contributed by atoms with Crippen molar-refractivity contribution in [2.24, 2.45) is 0 Å². The summed E-state index contributed by atoms with van der Waals surface area (Å²) in [7, 11) is 0. The molecule has 4 rings (SSSR count). The SMILES string of the molecule is O=C1NC(=O)N(Cc2ccco2)C(=O)C1=Cc1cccn1-c1cccc(C(=O)O)c1. The van der Waals surface area contributed by atoms with Gasteiger partial charge in [-0.25, -0.2) is 9.59 Å². The van der Waals surface area contributed by atoms with Gasteiger partial charge in [0.1, 0.15) is 11.3 Å². The Balaban J connectivity index is 1.69. The van der Waals surface area contributed by atoms with E-state index in [2.05, 4.69) is 5.32 Å². The van der Waals surface area contributed by atoms with Crippen molar-refractivity contribution in [2.75, 3.05) is 0 Å². The Bertz CT molecular complexity index is 1190. The van der Waals surface area contributed by atoms with Crippen molar-refractivity contribution in [1.29, 1.82) is 0 Å². The number of benzene rings is 1. The number of rotatable bonds is 5. The summed E-state index contributed by atoms with van der Waals surface area (Å²) in [4.78, 5) is 49.4. The fourth-order valence-corrected chi connectivity index (χ4v) is 3.08. The highest BCUT2D eigenvalue weighted by atomic mass is 16.4. The lowest BCUT2D eigenvalue weighted by atomic mass is 10.1. The molecule has 1 aliphatic heterocycles. The monoisotopic (exact) mass is 405 g/mol. The number of carbonyl (C=O) groups excluding carboxylic acids is 3. The third-order valence-electron chi connectivity index (χ3n) is 4.52. The van der Waals surface area contributed by atoms with Crippen LogP contribution >= 0.6 is 0 Å². The number of carbonyl (C=O) groups is 4. The lowest BCUT2D eigenvalue weighted by molar-refractivity contribution is -0.130. The largest absolute Gasteiger partial charge is 0.478 e. The minimum atomic E-state index is -1.07. The molecule has 1 aliphatic rings. The van der Waals surface area contributed by atoms with E-state index in [1.165, 1.54) is 24.5 Å². The van der Waals surface area contributed by atoms with Crippen LogP contribution in [0.25, 0.3) is 11.8 Å². The average Bonchev–Trinajstić information content (AvgIpc) is 3.40. The van der Waals surface area contributed by atoms with Gasteiger partial charge in [0, 0.05) is 17.6 Å². The first-order valence-corrected chi connectivity index (χ1v) is 8.86. The van der Waals surface area contributed by atoms with E-state index in [9.17, 15) is 24.3 Å². The number of hydrogen-bond donors (Lipinski definition) is 2. The first-order valence-electron chi connectivity index (χ1n) is 8.86. The number of imide groups is 2. The van der Waals surface area contributed by atoms with Gasteiger partial charge in [-0.05, 0) is 48.5 Å². The molecular weight excluding hydrogens is 390 g/mol. The maximum atomic E-state index is 12.8. The highest BCUT2D eigenvalue weighted by molar-refractivity contribution is 6.30. The molecular formula is C21H15N3O6. The van der Waals surface area contributed by atoms with Gasteiger partial charge in [-0.15, -0.1) is 0 Å². The summed E-state index contributed by atoms with van der Waals surface area (Å²) in [5.74, 6) is -2.25. The second-order valence-corrected chi connectivity index (χ2v) is 6.45. The van der Waals surface area contributed by atoms with Gasteiger partial charge < -0.3 is 14.1 Å². The molecule has 1 saturated heterocycles. The summed E-state index contributed by atoms with van der Waals surface area (Å²) >= 11 is 0. The first-order chi connectivity index (χ1) is 14.4. The Labute approximate surface area is 169 Å². The van der Waals surface area contributed by atoms with Crippen LogP contribution in [0.1, 0.15) is 21.8 Å². The summed E-state index contributed by atoms with van der Waals surface area (Å²) in [5.41, 5.74) is 0.874. The lowest BCUT2D eigenvalue weighted by Gasteiger charge is -2.25. The van der Waals surface area contributed by atoms with Crippen molar-refractivity contribution in [1.82, 2.24) is 14.8 Å². The van der Waals surface area contributed by atoms with Crippen LogP contribution in [-0.4, -0.2) is 38.4 Å². The quantitative estimate of drug-likeness (QED) is 0.497. The number of carboxylic acids is 1. The fourth-order valence-electron chi connectivity index (χ4n) is 3.08. The van der Waals surface area contributed by atoms with Crippen LogP contribution in [0.4, 0.5) is 4.79 Å². The molecule has 1 aromatic carbocycles. The van der Waals surface area contributed by atoms with Crippen LogP contribution in [-0.2, 0) is 16.1 Å². The van der Waals surface area contributed by atoms with Crippen molar-refractivity contribution >= 4 is 29.9 Å². The van der Waals surface area contributed by atoms with Crippen molar-refractivity contribution in [2.45, 2.75) is 6.54 Å². The summed E-state index contributed by atoms with van der Waals surface area (Å²) in [6, 6.07) is 12.0. The molecule has 3 aromatic rings. The van der Waals surface area contributed by atoms with Gasteiger partial charge in [0.25, 0.3) is 11.8 Å². The summed E-state index contributed by atoms with van der Waals surface area (Å²) < 4.78 is 6.81. The molecule has 2 N–H and O–H groups in total. The second-order valence-electron chi connectivity index (χ2n) is 6.45. The molecule has 2 aromatic heterocycles. The number of furan rings is 1. The summed E-state index contributed by atoms with van der Waals surface area (Å²) in [6.07, 6.45) is 4.44. The van der Waals surface area contributed by atoms with E-state index in [1.807, 2.05) is 0 Å². The van der Waals surface area contributed by atoms with E-state index in [0.29, 0.717) is 17.1 Å². The third-order valence-corrected chi connectivity index (χ3v) is 4.52. The number of hydrogen-bond acceptors (Lipinski definition) is 5. The average molecular weight is 405 g/mol. The van der Waals surface area contributed by atoms with Crippen molar-refractivity contribution < 1.29 is 28.7 Å². The van der Waals surface area contributed by atoms with E-state index < -0.39 is 23.8 Å². The number of barbiturate groups is 1. The van der Waals surface area contributed by atoms with E-state index in [0.717, 1.165) is 4.90 Å². The van der Waals surface area contributed by atoms with Crippen molar-refractivity contribution in [3.05, 3.63) is 83.6 Å². The minimum absolute atomic E-state index is 0.0986. The highest BCUT2D eigenvalue weighted by Gasteiger charge is 2.36. The van der Waals surface area contributed by atoms with Gasteiger partial charge in [-0.2, -0.15) is 0 Å². The zero-order chi connectivity index (χ0) is 21.3. The number of aromatic nitrogens is 1. The van der Waals surface area contributed by atoms with Crippen molar-refractivity contribution in [3.8, 4) is 5.69 Å². The fraction of sp³-hybridized carbons (Fsp3) is 0.0476. The van der Waals surface area contributed by atoms with Crippen LogP contribution in [0.15, 0.2) is 71.0 Å². The molecule has 0 unspecified atom stereocenters. The number of aromatic carboxylic acids is 1. The maximum Gasteiger partial charge on any atom is 0.335 e. The number of urea groups is 1. The van der Waals surface area contributed by atoms with E-state index >= 15 is 0 Å². The molecule has 150 valence electrons. The van der Waals surface area contributed by atoms with Gasteiger partial charge >= 0.3 is 12.0 Å². The van der Waals surface area contributed by atoms with Gasteiger partial charge in [0.05, 0.1) is 18.4 Å². The number of carboxylic acid groups (broad SMARTS) is 1. The topological polar surface area (TPSA) is 122 Å². The standard InChI is InChI=1S/C21H15N3O6/c25-18-17(19(26)24(21(29)22-18)12-16-7-3-9-30-16)11-15-6-2-8-23(15)14-5-1-4-13(10-14)20(27)28/h1-11H,12H2,(H,27,28)(H,22,25,29). The molecule has 9 heteroatoms. The molecule has 0 bridgehead atoms. The van der Waals surface area contributed by atoms with Gasteiger partial charge in [-0.1, -0.05) is 6.07 Å². The highest BCUT2D eigenvalue weighted by Crippen LogP contribution is 2.20. The Morgan fingerprint density at radius 2 is 1.93 bits per heavy atom. The predicted molar refractivity (Wildman–Crippen MR) is 104 cm³/mol. The molecule has 0 aliphatic carbocycles. The van der Waals surface area contributed by atoms with Crippen LogP contribution in [0.3, 0.4) is 0 Å². The molecule has 1 fully saturated rings. The second kappa shape index (κ2) is 7.55. The zero-order valence-corrected chi connectivity index (χ0v) is 15.4. The van der Waals surface area contributed by atoms with E-state index in [1.54, 1.807) is 47.2 Å². The minimum Gasteiger partial charge on any atom is -0.478 e. The molecule has 0 atom stereocenters. The number of nitrogens with one attached hydrogen (secondary N) is 1. The van der Waals surface area contributed by atoms with Gasteiger partial charge in [0.15, 0.2) is 0 Å². The number of nitrogens with zero attached hydrogens (tertiary/aromatic N) is 2. The van der Waals surface area contributed by atoms with Crippen molar-refractivity contribution in [3.63, 3.8) is 0 Å².